The molecule has 92 valence electrons. The first kappa shape index (κ1) is 12.9. The molecule has 1 amide bonds. The third kappa shape index (κ3) is 2.66. The molecule has 0 spiro atoms. The van der Waals surface area contributed by atoms with Crippen molar-refractivity contribution in [2.24, 2.45) is 0 Å². The van der Waals surface area contributed by atoms with Gasteiger partial charge in [-0.25, -0.2) is 0 Å². The van der Waals surface area contributed by atoms with E-state index in [0.717, 1.165) is 5.56 Å². The predicted molar refractivity (Wildman–Crippen MR) is 75.6 cm³/mol. The summed E-state index contributed by atoms with van der Waals surface area (Å²) in [4.78, 5) is 12.1. The fraction of sp³-hybridized carbons (Fsp3) is 0.0714. The number of hydrogen-bond donors (Lipinski definition) is 1. The Hall–Kier alpha value is -1.51. The zero-order chi connectivity index (χ0) is 13.1. The summed E-state index contributed by atoms with van der Waals surface area (Å²) in [5, 5.41) is 3.57. The predicted octanol–water partition coefficient (Wildman–Crippen LogP) is 4.55. The Morgan fingerprint density at radius 2 is 1.61 bits per heavy atom. The lowest BCUT2D eigenvalue weighted by molar-refractivity contribution is 0.102. The molecule has 0 heterocycles. The van der Waals surface area contributed by atoms with Gasteiger partial charge in [0.2, 0.25) is 0 Å². The van der Waals surface area contributed by atoms with Crippen LogP contribution in [-0.2, 0) is 0 Å². The number of amides is 1. The average molecular weight is 280 g/mol. The Morgan fingerprint density at radius 3 is 2.22 bits per heavy atom. The van der Waals surface area contributed by atoms with Gasteiger partial charge in [0, 0.05) is 5.56 Å². The van der Waals surface area contributed by atoms with Crippen molar-refractivity contribution in [2.45, 2.75) is 6.92 Å². The summed E-state index contributed by atoms with van der Waals surface area (Å²) in [5.41, 5.74) is 1.95. The SMILES string of the molecule is Cc1ccccc1C(=O)Nc1c(Cl)cccc1Cl. The number of carbonyl (C=O) groups is 1. The van der Waals surface area contributed by atoms with E-state index < -0.39 is 0 Å². The summed E-state index contributed by atoms with van der Waals surface area (Å²) in [7, 11) is 0. The van der Waals surface area contributed by atoms with Crippen molar-refractivity contribution in [3.8, 4) is 0 Å². The number of benzene rings is 2. The van der Waals surface area contributed by atoms with Crippen molar-refractivity contribution in [1.82, 2.24) is 0 Å². The molecule has 0 aliphatic heterocycles. The van der Waals surface area contributed by atoms with Gasteiger partial charge >= 0.3 is 0 Å². The zero-order valence-corrected chi connectivity index (χ0v) is 11.2. The molecule has 2 aromatic carbocycles. The van der Waals surface area contributed by atoms with Gasteiger partial charge in [0.15, 0.2) is 0 Å². The summed E-state index contributed by atoms with van der Waals surface area (Å²) >= 11 is 12.0. The standard InChI is InChI=1S/C14H11Cl2NO/c1-9-5-2-3-6-10(9)14(18)17-13-11(15)7-4-8-12(13)16/h2-8H,1H3,(H,17,18). The number of nitrogens with one attached hydrogen (secondary N) is 1. The Kier molecular flexibility index (Phi) is 3.90. The molecule has 0 saturated heterocycles. The van der Waals surface area contributed by atoms with E-state index in [4.69, 9.17) is 23.2 Å². The van der Waals surface area contributed by atoms with Crippen molar-refractivity contribution in [3.05, 3.63) is 63.6 Å². The third-order valence-electron chi connectivity index (χ3n) is 2.59. The maximum absolute atomic E-state index is 12.1. The highest BCUT2D eigenvalue weighted by molar-refractivity contribution is 6.40. The Balaban J connectivity index is 2.30. The fourth-order valence-corrected chi connectivity index (χ4v) is 2.12. The molecule has 2 rings (SSSR count). The topological polar surface area (TPSA) is 29.1 Å². The first-order chi connectivity index (χ1) is 8.59. The van der Waals surface area contributed by atoms with Crippen molar-refractivity contribution in [2.75, 3.05) is 5.32 Å². The molecule has 2 aromatic rings. The van der Waals surface area contributed by atoms with Gasteiger partial charge in [0.05, 0.1) is 15.7 Å². The maximum atomic E-state index is 12.1. The van der Waals surface area contributed by atoms with Crippen LogP contribution < -0.4 is 5.32 Å². The van der Waals surface area contributed by atoms with E-state index in [9.17, 15) is 4.79 Å². The number of aryl methyl sites for hydroxylation is 1. The van der Waals surface area contributed by atoms with Gasteiger partial charge in [0.25, 0.3) is 5.91 Å². The van der Waals surface area contributed by atoms with Crippen LogP contribution in [0.3, 0.4) is 0 Å². The van der Waals surface area contributed by atoms with Gasteiger partial charge in [0.1, 0.15) is 0 Å². The van der Waals surface area contributed by atoms with Gasteiger partial charge in [-0.15, -0.1) is 0 Å². The van der Waals surface area contributed by atoms with Gasteiger partial charge in [-0.2, -0.15) is 0 Å². The summed E-state index contributed by atoms with van der Waals surface area (Å²) in [5.74, 6) is -0.219. The van der Waals surface area contributed by atoms with Crippen LogP contribution in [0, 0.1) is 6.92 Å². The number of anilines is 1. The van der Waals surface area contributed by atoms with Crippen LogP contribution in [0.15, 0.2) is 42.5 Å². The maximum Gasteiger partial charge on any atom is 0.256 e. The van der Waals surface area contributed by atoms with Crippen molar-refractivity contribution in [1.29, 1.82) is 0 Å². The second-order valence-corrected chi connectivity index (χ2v) is 4.68. The lowest BCUT2D eigenvalue weighted by Gasteiger charge is -2.10. The molecule has 0 atom stereocenters. The largest absolute Gasteiger partial charge is 0.319 e. The molecule has 0 aliphatic rings. The molecule has 1 N–H and O–H groups in total. The van der Waals surface area contributed by atoms with Gasteiger partial charge in [-0.05, 0) is 30.7 Å². The highest BCUT2D eigenvalue weighted by Crippen LogP contribution is 2.30. The first-order valence-corrected chi connectivity index (χ1v) is 6.16. The Morgan fingerprint density at radius 1 is 1.00 bits per heavy atom. The van der Waals surface area contributed by atoms with E-state index in [1.165, 1.54) is 0 Å². The molecule has 4 heteroatoms. The lowest BCUT2D eigenvalue weighted by atomic mass is 10.1. The summed E-state index contributed by atoms with van der Waals surface area (Å²) in [6.07, 6.45) is 0. The molecule has 0 bridgehead atoms. The normalized spacial score (nSPS) is 10.2. The third-order valence-corrected chi connectivity index (χ3v) is 3.22. The second kappa shape index (κ2) is 5.42. The smallest absolute Gasteiger partial charge is 0.256 e. The first-order valence-electron chi connectivity index (χ1n) is 5.40. The van der Waals surface area contributed by atoms with Crippen LogP contribution in [0.1, 0.15) is 15.9 Å². The quantitative estimate of drug-likeness (QED) is 0.858. The summed E-state index contributed by atoms with van der Waals surface area (Å²) in [6, 6.07) is 12.4. The highest BCUT2D eigenvalue weighted by atomic mass is 35.5. The summed E-state index contributed by atoms with van der Waals surface area (Å²) in [6.45, 7) is 1.88. The van der Waals surface area contributed by atoms with Crippen LogP contribution in [-0.4, -0.2) is 5.91 Å². The fourth-order valence-electron chi connectivity index (χ4n) is 1.63. The van der Waals surface area contributed by atoms with Gasteiger partial charge < -0.3 is 5.32 Å². The van der Waals surface area contributed by atoms with Crippen LogP contribution in [0.5, 0.6) is 0 Å². The van der Waals surface area contributed by atoms with E-state index in [-0.39, 0.29) is 5.91 Å². The molecule has 0 saturated carbocycles. The molecule has 0 aromatic heterocycles. The van der Waals surface area contributed by atoms with Crippen molar-refractivity contribution < 1.29 is 4.79 Å². The number of para-hydroxylation sites is 1. The van der Waals surface area contributed by atoms with Crippen molar-refractivity contribution in [3.63, 3.8) is 0 Å². The molecule has 2 nitrogen and oxygen atoms in total. The molecule has 0 unspecified atom stereocenters. The van der Waals surface area contributed by atoms with E-state index >= 15 is 0 Å². The van der Waals surface area contributed by atoms with Crippen molar-refractivity contribution >= 4 is 34.8 Å². The molecular formula is C14H11Cl2NO. The highest BCUT2D eigenvalue weighted by Gasteiger charge is 2.12. The van der Waals surface area contributed by atoms with E-state index in [0.29, 0.717) is 21.3 Å². The van der Waals surface area contributed by atoms with E-state index in [2.05, 4.69) is 5.32 Å². The summed E-state index contributed by atoms with van der Waals surface area (Å²) < 4.78 is 0. The molecule has 0 fully saturated rings. The molecule has 0 aliphatic carbocycles. The van der Waals surface area contributed by atoms with Gasteiger partial charge in [-0.1, -0.05) is 47.5 Å². The zero-order valence-electron chi connectivity index (χ0n) is 9.71. The lowest BCUT2D eigenvalue weighted by Crippen LogP contribution is -2.13. The average Bonchev–Trinajstić information content (AvgIpc) is 2.34. The Bertz CT molecular complexity index is 576. The minimum Gasteiger partial charge on any atom is -0.319 e. The van der Waals surface area contributed by atoms with Gasteiger partial charge in [-0.3, -0.25) is 4.79 Å². The van der Waals surface area contributed by atoms with Crippen LogP contribution in [0.2, 0.25) is 10.0 Å². The molecule has 0 radical (unpaired) electrons. The monoisotopic (exact) mass is 279 g/mol. The number of halogens is 2. The molecular weight excluding hydrogens is 269 g/mol. The number of carbonyl (C=O) groups excluding carboxylic acids is 1. The van der Waals surface area contributed by atoms with E-state index in [1.54, 1.807) is 24.3 Å². The minimum atomic E-state index is -0.219. The minimum absolute atomic E-state index is 0.219. The number of rotatable bonds is 2. The van der Waals surface area contributed by atoms with Crippen LogP contribution in [0.4, 0.5) is 5.69 Å². The van der Waals surface area contributed by atoms with Crippen LogP contribution in [0.25, 0.3) is 0 Å². The second-order valence-electron chi connectivity index (χ2n) is 3.87. The molecule has 18 heavy (non-hydrogen) atoms. The number of hydrogen-bond acceptors (Lipinski definition) is 1. The Labute approximate surface area is 116 Å². The van der Waals surface area contributed by atoms with E-state index in [1.807, 2.05) is 25.1 Å². The van der Waals surface area contributed by atoms with Crippen LogP contribution >= 0.6 is 23.2 Å².